The Bertz CT molecular complexity index is 1180. The molecule has 1 amide bonds. The van der Waals surface area contributed by atoms with Gasteiger partial charge < -0.3 is 14.6 Å². The number of rotatable bonds is 8. The highest BCUT2D eigenvalue weighted by Gasteiger charge is 2.12. The Morgan fingerprint density at radius 3 is 2.58 bits per heavy atom. The van der Waals surface area contributed by atoms with E-state index in [9.17, 15) is 4.79 Å². The van der Waals surface area contributed by atoms with Crippen LogP contribution in [0.5, 0.6) is 5.75 Å². The van der Waals surface area contributed by atoms with Crippen LogP contribution in [-0.4, -0.2) is 28.6 Å². The first-order valence-electron chi connectivity index (χ1n) is 10.6. The van der Waals surface area contributed by atoms with E-state index in [2.05, 4.69) is 28.9 Å². The summed E-state index contributed by atoms with van der Waals surface area (Å²) < 4.78 is 8.14. The highest BCUT2D eigenvalue weighted by atomic mass is 16.5. The number of hydrogen-bond acceptors (Lipinski definition) is 3. The minimum Gasteiger partial charge on any atom is -0.492 e. The second-order valence-corrected chi connectivity index (χ2v) is 7.71. The molecular formula is C26H27N3O2. The van der Waals surface area contributed by atoms with Gasteiger partial charge in [-0.1, -0.05) is 42.0 Å². The van der Waals surface area contributed by atoms with Crippen LogP contribution in [0.2, 0.25) is 0 Å². The molecule has 1 aromatic heterocycles. The van der Waals surface area contributed by atoms with Gasteiger partial charge >= 0.3 is 0 Å². The molecule has 0 bridgehead atoms. The van der Waals surface area contributed by atoms with E-state index in [0.717, 1.165) is 28.2 Å². The van der Waals surface area contributed by atoms with Crippen LogP contribution in [0.25, 0.3) is 11.0 Å². The number of aryl methyl sites for hydroxylation is 2. The summed E-state index contributed by atoms with van der Waals surface area (Å²) in [5, 5.41) is 3.00. The highest BCUT2D eigenvalue weighted by Crippen LogP contribution is 2.17. The number of imidazole rings is 1. The maximum Gasteiger partial charge on any atom is 0.251 e. The molecule has 4 rings (SSSR count). The van der Waals surface area contributed by atoms with Crippen molar-refractivity contribution in [1.29, 1.82) is 0 Å². The molecular weight excluding hydrogens is 386 g/mol. The molecule has 0 atom stereocenters. The lowest BCUT2D eigenvalue weighted by atomic mass is 10.1. The molecule has 0 aliphatic rings. The van der Waals surface area contributed by atoms with Gasteiger partial charge in [0.15, 0.2) is 0 Å². The summed E-state index contributed by atoms with van der Waals surface area (Å²) in [6, 6.07) is 23.8. The Labute approximate surface area is 182 Å². The maximum atomic E-state index is 12.4. The smallest absolute Gasteiger partial charge is 0.251 e. The molecule has 0 unspecified atom stereocenters. The molecule has 0 saturated heterocycles. The molecule has 4 aromatic rings. The van der Waals surface area contributed by atoms with E-state index in [0.29, 0.717) is 31.7 Å². The summed E-state index contributed by atoms with van der Waals surface area (Å²) in [5.41, 5.74) is 5.02. The van der Waals surface area contributed by atoms with Gasteiger partial charge in [-0.05, 0) is 55.8 Å². The van der Waals surface area contributed by atoms with Crippen LogP contribution >= 0.6 is 0 Å². The standard InChI is InChI=1S/C26H27N3O2/c1-19-10-12-21(13-11-19)26(30)27-15-14-25-28-23-8-3-4-9-24(23)29(25)16-17-31-22-7-5-6-20(2)18-22/h3-13,18H,14-17H2,1-2H3,(H,27,30). The normalized spacial score (nSPS) is 10.9. The molecule has 158 valence electrons. The van der Waals surface area contributed by atoms with Crippen LogP contribution in [-0.2, 0) is 13.0 Å². The third-order valence-electron chi connectivity index (χ3n) is 5.25. The second-order valence-electron chi connectivity index (χ2n) is 7.71. The van der Waals surface area contributed by atoms with Gasteiger partial charge in [0.25, 0.3) is 5.91 Å². The molecule has 5 nitrogen and oxygen atoms in total. The zero-order chi connectivity index (χ0) is 21.6. The Balaban J connectivity index is 1.42. The van der Waals surface area contributed by atoms with Crippen LogP contribution in [0.1, 0.15) is 27.3 Å². The van der Waals surface area contributed by atoms with E-state index in [4.69, 9.17) is 9.72 Å². The van der Waals surface area contributed by atoms with Crippen LogP contribution in [0, 0.1) is 13.8 Å². The lowest BCUT2D eigenvalue weighted by molar-refractivity contribution is 0.0954. The van der Waals surface area contributed by atoms with Crippen molar-refractivity contribution in [1.82, 2.24) is 14.9 Å². The number of para-hydroxylation sites is 2. The van der Waals surface area contributed by atoms with Crippen LogP contribution < -0.4 is 10.1 Å². The summed E-state index contributed by atoms with van der Waals surface area (Å²) in [6.45, 7) is 5.82. The van der Waals surface area contributed by atoms with Crippen molar-refractivity contribution < 1.29 is 9.53 Å². The molecule has 0 radical (unpaired) electrons. The van der Waals surface area contributed by atoms with Gasteiger partial charge in [0.1, 0.15) is 18.2 Å². The third kappa shape index (κ3) is 5.12. The van der Waals surface area contributed by atoms with E-state index >= 15 is 0 Å². The van der Waals surface area contributed by atoms with E-state index in [1.54, 1.807) is 0 Å². The summed E-state index contributed by atoms with van der Waals surface area (Å²) in [4.78, 5) is 17.2. The molecule has 0 fully saturated rings. The van der Waals surface area contributed by atoms with Crippen LogP contribution in [0.4, 0.5) is 0 Å². The molecule has 0 saturated carbocycles. The van der Waals surface area contributed by atoms with Gasteiger partial charge in [-0.2, -0.15) is 0 Å². The molecule has 1 heterocycles. The molecule has 0 spiro atoms. The summed E-state index contributed by atoms with van der Waals surface area (Å²) in [5.74, 6) is 1.75. The number of ether oxygens (including phenoxy) is 1. The predicted octanol–water partition coefficient (Wildman–Crippen LogP) is 4.70. The molecule has 5 heteroatoms. The van der Waals surface area contributed by atoms with Gasteiger partial charge in [0, 0.05) is 18.5 Å². The average molecular weight is 414 g/mol. The fraction of sp³-hybridized carbons (Fsp3) is 0.231. The summed E-state index contributed by atoms with van der Waals surface area (Å²) >= 11 is 0. The number of fused-ring (bicyclic) bond motifs is 1. The van der Waals surface area contributed by atoms with Crippen molar-refractivity contribution in [2.24, 2.45) is 0 Å². The number of hydrogen-bond donors (Lipinski definition) is 1. The molecule has 0 aliphatic heterocycles. The predicted molar refractivity (Wildman–Crippen MR) is 124 cm³/mol. The first-order valence-corrected chi connectivity index (χ1v) is 10.6. The highest BCUT2D eigenvalue weighted by molar-refractivity contribution is 5.94. The summed E-state index contributed by atoms with van der Waals surface area (Å²) in [6.07, 6.45) is 0.650. The number of benzene rings is 3. The Hall–Kier alpha value is -3.60. The third-order valence-corrected chi connectivity index (χ3v) is 5.25. The van der Waals surface area contributed by atoms with E-state index < -0.39 is 0 Å². The largest absolute Gasteiger partial charge is 0.492 e. The van der Waals surface area contributed by atoms with Gasteiger partial charge in [-0.25, -0.2) is 4.98 Å². The number of aromatic nitrogens is 2. The molecule has 31 heavy (non-hydrogen) atoms. The van der Waals surface area contributed by atoms with E-state index in [-0.39, 0.29) is 5.91 Å². The van der Waals surface area contributed by atoms with Crippen molar-refractivity contribution in [3.8, 4) is 5.75 Å². The Morgan fingerprint density at radius 2 is 1.77 bits per heavy atom. The number of carbonyl (C=O) groups is 1. The van der Waals surface area contributed by atoms with Gasteiger partial charge in [0.05, 0.1) is 17.6 Å². The quantitative estimate of drug-likeness (QED) is 0.455. The zero-order valence-corrected chi connectivity index (χ0v) is 18.0. The van der Waals surface area contributed by atoms with Crippen molar-refractivity contribution in [3.63, 3.8) is 0 Å². The zero-order valence-electron chi connectivity index (χ0n) is 18.0. The second kappa shape index (κ2) is 9.47. The minimum atomic E-state index is -0.0644. The monoisotopic (exact) mass is 413 g/mol. The fourth-order valence-corrected chi connectivity index (χ4v) is 3.62. The van der Waals surface area contributed by atoms with Gasteiger partial charge in [0.2, 0.25) is 0 Å². The minimum absolute atomic E-state index is 0.0644. The van der Waals surface area contributed by atoms with Crippen molar-refractivity contribution in [2.75, 3.05) is 13.2 Å². The first kappa shape index (κ1) is 20.7. The van der Waals surface area contributed by atoms with Crippen molar-refractivity contribution in [3.05, 3.63) is 95.3 Å². The topological polar surface area (TPSA) is 56.2 Å². The summed E-state index contributed by atoms with van der Waals surface area (Å²) in [7, 11) is 0. The van der Waals surface area contributed by atoms with Crippen LogP contribution in [0.15, 0.2) is 72.8 Å². The Kier molecular flexibility index (Phi) is 6.32. The molecule has 3 aromatic carbocycles. The molecule has 1 N–H and O–H groups in total. The van der Waals surface area contributed by atoms with Crippen molar-refractivity contribution in [2.45, 2.75) is 26.8 Å². The number of amides is 1. The number of nitrogens with zero attached hydrogens (tertiary/aromatic N) is 2. The van der Waals surface area contributed by atoms with Gasteiger partial charge in [-0.15, -0.1) is 0 Å². The maximum absolute atomic E-state index is 12.4. The first-order chi connectivity index (χ1) is 15.1. The Morgan fingerprint density at radius 1 is 0.968 bits per heavy atom. The van der Waals surface area contributed by atoms with Crippen LogP contribution in [0.3, 0.4) is 0 Å². The number of carbonyl (C=O) groups excluding carboxylic acids is 1. The van der Waals surface area contributed by atoms with E-state index in [1.165, 1.54) is 5.56 Å². The lowest BCUT2D eigenvalue weighted by Gasteiger charge is -2.12. The molecule has 0 aliphatic carbocycles. The number of nitrogens with one attached hydrogen (secondary N) is 1. The fourth-order valence-electron chi connectivity index (χ4n) is 3.62. The lowest BCUT2D eigenvalue weighted by Crippen LogP contribution is -2.26. The average Bonchev–Trinajstić information content (AvgIpc) is 3.12. The SMILES string of the molecule is Cc1ccc(C(=O)NCCc2nc3ccccc3n2CCOc2cccc(C)c2)cc1. The van der Waals surface area contributed by atoms with Crippen molar-refractivity contribution >= 4 is 16.9 Å². The van der Waals surface area contributed by atoms with E-state index in [1.807, 2.05) is 67.6 Å². The van der Waals surface area contributed by atoms with Gasteiger partial charge in [-0.3, -0.25) is 4.79 Å².